The molecule has 1 aromatic carbocycles. The fourth-order valence-electron chi connectivity index (χ4n) is 2.45. The summed E-state index contributed by atoms with van der Waals surface area (Å²) in [5.74, 6) is 0.808. The molecule has 0 spiro atoms. The highest BCUT2D eigenvalue weighted by Crippen LogP contribution is 2.35. The summed E-state index contributed by atoms with van der Waals surface area (Å²) in [7, 11) is 3.63. The second-order valence-corrected chi connectivity index (χ2v) is 5.41. The number of thiophene rings is 1. The normalized spacial score (nSPS) is 12.5. The number of ether oxygens (including phenoxy) is 1. The van der Waals surface area contributed by atoms with Crippen molar-refractivity contribution in [3.05, 3.63) is 59.2 Å². The van der Waals surface area contributed by atoms with Crippen molar-refractivity contribution in [1.29, 1.82) is 0 Å². The van der Waals surface area contributed by atoms with Crippen LogP contribution in [0.1, 0.15) is 17.3 Å². The lowest BCUT2D eigenvalue weighted by Gasteiger charge is -2.17. The molecule has 0 bridgehead atoms. The summed E-state index contributed by atoms with van der Waals surface area (Å²) in [4.78, 5) is 4.50. The maximum atomic E-state index is 5.44. The van der Waals surface area contributed by atoms with Gasteiger partial charge in [0.05, 0.1) is 13.2 Å². The van der Waals surface area contributed by atoms with Gasteiger partial charge in [0.2, 0.25) is 0 Å². The highest BCUT2D eigenvalue weighted by atomic mass is 32.1. The Bertz CT molecular complexity index is 723. The van der Waals surface area contributed by atoms with Crippen LogP contribution in [0.3, 0.4) is 0 Å². The van der Waals surface area contributed by atoms with E-state index in [-0.39, 0.29) is 6.04 Å². The van der Waals surface area contributed by atoms with E-state index in [1.54, 1.807) is 24.6 Å². The van der Waals surface area contributed by atoms with Crippen molar-refractivity contribution >= 4 is 21.4 Å². The molecule has 0 saturated heterocycles. The van der Waals surface area contributed by atoms with Crippen molar-refractivity contribution in [1.82, 2.24) is 10.3 Å². The van der Waals surface area contributed by atoms with Gasteiger partial charge in [0.25, 0.3) is 0 Å². The van der Waals surface area contributed by atoms with Gasteiger partial charge in [-0.1, -0.05) is 18.2 Å². The van der Waals surface area contributed by atoms with Crippen LogP contribution in [0.25, 0.3) is 10.1 Å². The van der Waals surface area contributed by atoms with Gasteiger partial charge in [-0.05, 0) is 41.6 Å². The van der Waals surface area contributed by atoms with E-state index in [1.165, 1.54) is 15.6 Å². The zero-order valence-corrected chi connectivity index (χ0v) is 12.3. The maximum Gasteiger partial charge on any atom is 0.142 e. The molecule has 1 N–H and O–H groups in total. The van der Waals surface area contributed by atoms with E-state index < -0.39 is 0 Å². The topological polar surface area (TPSA) is 34.2 Å². The molecule has 1 unspecified atom stereocenters. The third kappa shape index (κ3) is 2.17. The summed E-state index contributed by atoms with van der Waals surface area (Å²) >= 11 is 1.76. The summed E-state index contributed by atoms with van der Waals surface area (Å²) < 4.78 is 6.73. The molecule has 0 amide bonds. The van der Waals surface area contributed by atoms with E-state index in [2.05, 4.69) is 39.9 Å². The molecule has 4 heteroatoms. The van der Waals surface area contributed by atoms with Crippen LogP contribution in [0.2, 0.25) is 0 Å². The van der Waals surface area contributed by atoms with Crippen LogP contribution in [0.4, 0.5) is 0 Å². The van der Waals surface area contributed by atoms with E-state index in [0.717, 1.165) is 11.4 Å². The summed E-state index contributed by atoms with van der Waals surface area (Å²) in [5, 5.41) is 6.81. The van der Waals surface area contributed by atoms with Crippen LogP contribution >= 0.6 is 11.3 Å². The van der Waals surface area contributed by atoms with Crippen molar-refractivity contribution < 1.29 is 4.74 Å². The summed E-state index contributed by atoms with van der Waals surface area (Å²) in [6, 6.07) is 12.3. The van der Waals surface area contributed by atoms with Crippen molar-refractivity contribution in [2.24, 2.45) is 0 Å². The molecule has 20 heavy (non-hydrogen) atoms. The number of methoxy groups -OCH3 is 1. The Hall–Kier alpha value is -1.91. The molecule has 0 aliphatic rings. The first-order valence-corrected chi connectivity index (χ1v) is 7.35. The minimum absolute atomic E-state index is 0.0299. The molecular weight excluding hydrogens is 268 g/mol. The van der Waals surface area contributed by atoms with Crippen LogP contribution < -0.4 is 10.1 Å². The molecule has 102 valence electrons. The summed E-state index contributed by atoms with van der Waals surface area (Å²) in [6.07, 6.45) is 1.80. The molecule has 2 heterocycles. The van der Waals surface area contributed by atoms with Crippen molar-refractivity contribution in [3.63, 3.8) is 0 Å². The molecule has 0 aliphatic carbocycles. The number of benzene rings is 1. The largest absolute Gasteiger partial charge is 0.495 e. The lowest BCUT2D eigenvalue weighted by Crippen LogP contribution is -2.19. The number of pyridine rings is 1. The smallest absolute Gasteiger partial charge is 0.142 e. The van der Waals surface area contributed by atoms with Crippen LogP contribution in [0.5, 0.6) is 5.75 Å². The predicted octanol–water partition coefficient (Wildman–Crippen LogP) is 3.61. The van der Waals surface area contributed by atoms with Crippen LogP contribution in [-0.2, 0) is 0 Å². The average molecular weight is 284 g/mol. The minimum atomic E-state index is 0.0299. The summed E-state index contributed by atoms with van der Waals surface area (Å²) in [5.41, 5.74) is 2.16. The van der Waals surface area contributed by atoms with Gasteiger partial charge in [0.1, 0.15) is 11.4 Å². The number of nitrogens with zero attached hydrogens (tertiary/aromatic N) is 1. The lowest BCUT2D eigenvalue weighted by molar-refractivity contribution is 0.402. The SMILES string of the molecule is CNC(c1ncccc1OC)c1csc2ccccc12. The quantitative estimate of drug-likeness (QED) is 0.794. The van der Waals surface area contributed by atoms with Crippen LogP contribution in [0.15, 0.2) is 48.0 Å². The number of hydrogen-bond donors (Lipinski definition) is 1. The number of rotatable bonds is 4. The van der Waals surface area contributed by atoms with Crippen LogP contribution in [-0.4, -0.2) is 19.1 Å². The first-order valence-electron chi connectivity index (χ1n) is 6.47. The van der Waals surface area contributed by atoms with Gasteiger partial charge < -0.3 is 10.1 Å². The molecule has 3 nitrogen and oxygen atoms in total. The fraction of sp³-hybridized carbons (Fsp3) is 0.188. The molecule has 3 aromatic rings. The molecule has 0 fully saturated rings. The van der Waals surface area contributed by atoms with Gasteiger partial charge in [0.15, 0.2) is 0 Å². The van der Waals surface area contributed by atoms with Gasteiger partial charge in [-0.3, -0.25) is 4.98 Å². The highest BCUT2D eigenvalue weighted by Gasteiger charge is 2.20. The number of hydrogen-bond acceptors (Lipinski definition) is 4. The van der Waals surface area contributed by atoms with E-state index in [9.17, 15) is 0 Å². The first-order chi connectivity index (χ1) is 9.85. The number of nitrogens with one attached hydrogen (secondary N) is 1. The minimum Gasteiger partial charge on any atom is -0.495 e. The second kappa shape index (κ2) is 5.61. The van der Waals surface area contributed by atoms with Crippen molar-refractivity contribution in [2.45, 2.75) is 6.04 Å². The Morgan fingerprint density at radius 3 is 2.85 bits per heavy atom. The third-order valence-electron chi connectivity index (χ3n) is 3.40. The van der Waals surface area contributed by atoms with Crippen molar-refractivity contribution in [2.75, 3.05) is 14.2 Å². The van der Waals surface area contributed by atoms with Gasteiger partial charge in [0, 0.05) is 10.9 Å². The number of aromatic nitrogens is 1. The maximum absolute atomic E-state index is 5.44. The van der Waals surface area contributed by atoms with E-state index in [0.29, 0.717) is 0 Å². The Balaban J connectivity index is 2.14. The highest BCUT2D eigenvalue weighted by molar-refractivity contribution is 7.17. The zero-order chi connectivity index (χ0) is 13.9. The Morgan fingerprint density at radius 1 is 1.20 bits per heavy atom. The standard InChI is InChI=1S/C16H16N2OS/c1-17-15(16-13(19-2)7-5-9-18-16)12-10-20-14-8-4-3-6-11(12)14/h3-10,15,17H,1-2H3. The van der Waals surface area contributed by atoms with E-state index in [4.69, 9.17) is 4.74 Å². The van der Waals surface area contributed by atoms with Gasteiger partial charge in [-0.2, -0.15) is 0 Å². The molecular formula is C16H16N2OS. The molecule has 0 saturated carbocycles. The Morgan fingerprint density at radius 2 is 2.05 bits per heavy atom. The molecule has 2 aromatic heterocycles. The monoisotopic (exact) mass is 284 g/mol. The zero-order valence-electron chi connectivity index (χ0n) is 11.5. The second-order valence-electron chi connectivity index (χ2n) is 4.50. The molecule has 0 aliphatic heterocycles. The Labute approximate surface area is 122 Å². The van der Waals surface area contributed by atoms with Gasteiger partial charge in [-0.25, -0.2) is 0 Å². The van der Waals surface area contributed by atoms with Crippen molar-refractivity contribution in [3.8, 4) is 5.75 Å². The Kier molecular flexibility index (Phi) is 3.67. The predicted molar refractivity (Wildman–Crippen MR) is 83.5 cm³/mol. The molecule has 0 radical (unpaired) electrons. The lowest BCUT2D eigenvalue weighted by atomic mass is 10.0. The molecule has 1 atom stereocenters. The van der Waals surface area contributed by atoms with Gasteiger partial charge in [-0.15, -0.1) is 11.3 Å². The fourth-order valence-corrected chi connectivity index (χ4v) is 3.44. The van der Waals surface area contributed by atoms with E-state index >= 15 is 0 Å². The molecule has 3 rings (SSSR count). The van der Waals surface area contributed by atoms with Crippen LogP contribution in [0, 0.1) is 0 Å². The van der Waals surface area contributed by atoms with E-state index in [1.807, 2.05) is 19.2 Å². The number of fused-ring (bicyclic) bond motifs is 1. The first kappa shape index (κ1) is 13.1. The van der Waals surface area contributed by atoms with Gasteiger partial charge >= 0.3 is 0 Å². The summed E-state index contributed by atoms with van der Waals surface area (Å²) in [6.45, 7) is 0. The average Bonchev–Trinajstić information content (AvgIpc) is 2.93. The third-order valence-corrected chi connectivity index (χ3v) is 4.39.